The van der Waals surface area contributed by atoms with Crippen molar-refractivity contribution >= 4 is 11.6 Å². The molecule has 7 nitrogen and oxygen atoms in total. The maximum atomic E-state index is 13.4. The van der Waals surface area contributed by atoms with Gasteiger partial charge in [-0.15, -0.1) is 0 Å². The second kappa shape index (κ2) is 9.82. The van der Waals surface area contributed by atoms with Crippen LogP contribution in [0, 0.1) is 5.92 Å². The average Bonchev–Trinajstić information content (AvgIpc) is 3.44. The van der Waals surface area contributed by atoms with E-state index in [4.69, 9.17) is 0 Å². The van der Waals surface area contributed by atoms with Crippen molar-refractivity contribution in [1.82, 2.24) is 19.6 Å². The smallest absolute Gasteiger partial charge is 0.356 e. The summed E-state index contributed by atoms with van der Waals surface area (Å²) in [5, 5.41) is 14.5. The number of aliphatic hydroxyl groups excluding tert-OH is 1. The fraction of sp³-hybridized carbons (Fsp3) is 0.652. The Bertz CT molecular complexity index is 996. The lowest BCUT2D eigenvalue weighted by Crippen LogP contribution is -2.57. The molecular formula is C23H28F6N4O3. The van der Waals surface area contributed by atoms with Gasteiger partial charge in [-0.2, -0.15) is 31.4 Å². The van der Waals surface area contributed by atoms with E-state index in [1.54, 1.807) is 21.8 Å². The van der Waals surface area contributed by atoms with Crippen LogP contribution in [0.15, 0.2) is 30.5 Å². The van der Waals surface area contributed by atoms with Crippen molar-refractivity contribution in [3.8, 4) is 0 Å². The molecule has 2 fully saturated rings. The standard InChI is InChI=1S/C23H28F6N4O3/c1-15-5-2-3-6-17(15)33-12-7-16(30-33)18(34)32-11-4-8-21(32)9-13-31(14-10-21)20(35)36-19(22(24,25)26)23(27,28)29/h2-3,6-7,12,15,19-20,35H,4-5,8-11,13-14H2,1H3. The molecule has 0 radical (unpaired) electrons. The predicted molar refractivity (Wildman–Crippen MR) is 116 cm³/mol. The van der Waals surface area contributed by atoms with Gasteiger partial charge in [-0.05, 0) is 44.2 Å². The van der Waals surface area contributed by atoms with Gasteiger partial charge in [0.2, 0.25) is 6.41 Å². The quantitative estimate of drug-likeness (QED) is 0.464. The Morgan fingerprint density at radius 3 is 2.42 bits per heavy atom. The summed E-state index contributed by atoms with van der Waals surface area (Å²) >= 11 is 0. The summed E-state index contributed by atoms with van der Waals surface area (Å²) in [5.41, 5.74) is 0.624. The van der Waals surface area contributed by atoms with Crippen LogP contribution in [0.2, 0.25) is 0 Å². The molecule has 36 heavy (non-hydrogen) atoms. The molecule has 1 spiro atoms. The highest BCUT2D eigenvalue weighted by Gasteiger charge is 2.59. The van der Waals surface area contributed by atoms with Crippen molar-refractivity contribution in [2.45, 2.75) is 69.4 Å². The van der Waals surface area contributed by atoms with Crippen LogP contribution >= 0.6 is 0 Å². The molecule has 0 saturated carbocycles. The number of rotatable bonds is 5. The number of aliphatic hydroxyl groups is 1. The highest BCUT2D eigenvalue weighted by Crippen LogP contribution is 2.41. The van der Waals surface area contributed by atoms with E-state index >= 15 is 0 Å². The lowest BCUT2D eigenvalue weighted by Gasteiger charge is -2.46. The molecule has 1 aliphatic carbocycles. The van der Waals surface area contributed by atoms with E-state index in [9.17, 15) is 36.2 Å². The molecule has 2 unspecified atom stereocenters. The zero-order valence-corrected chi connectivity index (χ0v) is 19.6. The highest BCUT2D eigenvalue weighted by atomic mass is 19.4. The average molecular weight is 522 g/mol. The Balaban J connectivity index is 1.42. The predicted octanol–water partition coefficient (Wildman–Crippen LogP) is 4.18. The zero-order valence-electron chi connectivity index (χ0n) is 19.6. The normalized spacial score (nSPS) is 24.0. The monoisotopic (exact) mass is 522 g/mol. The molecule has 4 rings (SSSR count). The largest absolute Gasteiger partial charge is 0.423 e. The summed E-state index contributed by atoms with van der Waals surface area (Å²) in [5.74, 6) is -0.0337. The van der Waals surface area contributed by atoms with Gasteiger partial charge in [-0.3, -0.25) is 9.69 Å². The van der Waals surface area contributed by atoms with Crippen LogP contribution in [-0.2, 0) is 4.74 Å². The van der Waals surface area contributed by atoms with Crippen LogP contribution < -0.4 is 0 Å². The third-order valence-corrected chi connectivity index (χ3v) is 7.21. The fourth-order valence-corrected chi connectivity index (χ4v) is 5.24. The second-order valence-electron chi connectivity index (χ2n) is 9.55. The molecule has 200 valence electrons. The van der Waals surface area contributed by atoms with Gasteiger partial charge in [0.1, 0.15) is 0 Å². The number of carbonyl (C=O) groups is 1. The lowest BCUT2D eigenvalue weighted by molar-refractivity contribution is -0.367. The Kier molecular flexibility index (Phi) is 7.28. The third-order valence-electron chi connectivity index (χ3n) is 7.21. The minimum Gasteiger partial charge on any atom is -0.356 e. The van der Waals surface area contributed by atoms with Crippen LogP contribution in [0.5, 0.6) is 0 Å². The zero-order chi connectivity index (χ0) is 26.3. The summed E-state index contributed by atoms with van der Waals surface area (Å²) < 4.78 is 82.5. The number of halogens is 6. The van der Waals surface area contributed by atoms with Crippen LogP contribution in [-0.4, -0.2) is 80.6 Å². The van der Waals surface area contributed by atoms with E-state index in [-0.39, 0.29) is 43.5 Å². The minimum atomic E-state index is -5.71. The maximum Gasteiger partial charge on any atom is 0.423 e. The van der Waals surface area contributed by atoms with E-state index in [0.717, 1.165) is 17.0 Å². The van der Waals surface area contributed by atoms with Gasteiger partial charge >= 0.3 is 12.4 Å². The first-order valence-electron chi connectivity index (χ1n) is 11.8. The van der Waals surface area contributed by atoms with Gasteiger partial charge in [0.25, 0.3) is 12.0 Å². The first kappa shape index (κ1) is 26.7. The van der Waals surface area contributed by atoms with Crippen molar-refractivity contribution in [2.24, 2.45) is 5.92 Å². The Labute approximate surface area is 204 Å². The number of allylic oxidation sites excluding steroid dienone is 4. The number of amides is 1. The maximum absolute atomic E-state index is 13.4. The molecule has 3 heterocycles. The Morgan fingerprint density at radius 2 is 1.81 bits per heavy atom. The molecule has 0 bridgehead atoms. The number of nitrogens with zero attached hydrogens (tertiary/aromatic N) is 4. The number of carbonyl (C=O) groups excluding carboxylic acids is 1. The molecule has 13 heteroatoms. The molecular weight excluding hydrogens is 494 g/mol. The molecule has 2 saturated heterocycles. The van der Waals surface area contributed by atoms with Gasteiger partial charge in [0.15, 0.2) is 5.69 Å². The van der Waals surface area contributed by atoms with Crippen LogP contribution in [0.3, 0.4) is 0 Å². The first-order chi connectivity index (χ1) is 16.8. The topological polar surface area (TPSA) is 70.8 Å². The molecule has 2 atom stereocenters. The van der Waals surface area contributed by atoms with Crippen LogP contribution in [0.4, 0.5) is 26.3 Å². The van der Waals surface area contributed by atoms with Crippen molar-refractivity contribution in [3.63, 3.8) is 0 Å². The second-order valence-corrected chi connectivity index (χ2v) is 9.55. The molecule has 1 aromatic rings. The van der Waals surface area contributed by atoms with Crippen molar-refractivity contribution in [3.05, 3.63) is 36.2 Å². The molecule has 1 N–H and O–H groups in total. The highest BCUT2D eigenvalue weighted by molar-refractivity contribution is 5.93. The van der Waals surface area contributed by atoms with Gasteiger partial charge in [-0.25, -0.2) is 4.68 Å². The molecule has 3 aliphatic rings. The van der Waals surface area contributed by atoms with Crippen molar-refractivity contribution < 1.29 is 41.0 Å². The van der Waals surface area contributed by atoms with E-state index < -0.39 is 30.4 Å². The van der Waals surface area contributed by atoms with E-state index in [1.165, 1.54) is 0 Å². The molecule has 0 aromatic carbocycles. The van der Waals surface area contributed by atoms with Crippen molar-refractivity contribution in [2.75, 3.05) is 19.6 Å². The van der Waals surface area contributed by atoms with Crippen LogP contribution in [0.25, 0.3) is 5.70 Å². The number of hydrogen-bond acceptors (Lipinski definition) is 5. The van der Waals surface area contributed by atoms with E-state index in [0.29, 0.717) is 19.4 Å². The third kappa shape index (κ3) is 5.32. The first-order valence-corrected chi connectivity index (χ1v) is 11.8. The van der Waals surface area contributed by atoms with E-state index in [2.05, 4.69) is 22.8 Å². The number of likely N-dealkylation sites (tertiary alicyclic amines) is 2. The Hall–Kier alpha value is -2.38. The van der Waals surface area contributed by atoms with Gasteiger partial charge in [0, 0.05) is 43.0 Å². The molecule has 2 aliphatic heterocycles. The summed E-state index contributed by atoms with van der Waals surface area (Å²) in [6.07, 6.45) is -7.47. The fourth-order valence-electron chi connectivity index (χ4n) is 5.24. The number of alkyl halides is 6. The summed E-state index contributed by atoms with van der Waals surface area (Å²) in [6, 6.07) is 1.64. The van der Waals surface area contributed by atoms with Crippen LogP contribution in [0.1, 0.15) is 49.5 Å². The molecule has 1 aromatic heterocycles. The van der Waals surface area contributed by atoms with E-state index in [1.807, 2.05) is 12.2 Å². The van der Waals surface area contributed by atoms with Gasteiger partial charge < -0.3 is 14.7 Å². The number of hydrogen-bond donors (Lipinski definition) is 1. The lowest BCUT2D eigenvalue weighted by atomic mass is 9.85. The SMILES string of the molecule is CC1CC=CC=C1n1ccc(C(=O)N2CCCC23CCN(C(O)OC(C(F)(F)F)C(F)(F)F)CC3)n1. The summed E-state index contributed by atoms with van der Waals surface area (Å²) in [7, 11) is 0. The summed E-state index contributed by atoms with van der Waals surface area (Å²) in [4.78, 5) is 16.1. The van der Waals surface area contributed by atoms with Gasteiger partial charge in [0.05, 0.1) is 0 Å². The molecule has 1 amide bonds. The minimum absolute atomic E-state index is 0.0292. The van der Waals surface area contributed by atoms with Gasteiger partial charge in [-0.1, -0.05) is 19.1 Å². The van der Waals surface area contributed by atoms with Crippen molar-refractivity contribution in [1.29, 1.82) is 0 Å². The summed E-state index contributed by atoms with van der Waals surface area (Å²) in [6.45, 7) is 2.47. The number of piperidine rings is 1. The Morgan fingerprint density at radius 1 is 1.14 bits per heavy atom. The number of ether oxygens (including phenoxy) is 1. The number of aromatic nitrogens is 2.